The highest BCUT2D eigenvalue weighted by molar-refractivity contribution is 7.89. The Bertz CT molecular complexity index is 574. The van der Waals surface area contributed by atoms with Gasteiger partial charge in [-0.25, -0.2) is 8.42 Å². The van der Waals surface area contributed by atoms with E-state index >= 15 is 0 Å². The van der Waals surface area contributed by atoms with Crippen LogP contribution >= 0.6 is 11.6 Å². The summed E-state index contributed by atoms with van der Waals surface area (Å²) in [5, 5.41) is 0. The number of halogens is 1. The molecule has 1 aromatic rings. The molecule has 0 saturated carbocycles. The molecular formula is C14H20ClNO3S. The molecule has 0 spiro atoms. The summed E-state index contributed by atoms with van der Waals surface area (Å²) in [5.74, 6) is 1.30. The van der Waals surface area contributed by atoms with Gasteiger partial charge in [-0.1, -0.05) is 6.92 Å². The Kier molecular flexibility index (Phi) is 4.94. The van der Waals surface area contributed by atoms with Crippen molar-refractivity contribution in [3.8, 4) is 5.75 Å². The fourth-order valence-electron chi connectivity index (χ4n) is 2.38. The predicted octanol–water partition coefficient (Wildman–Crippen LogP) is 2.85. The molecule has 4 nitrogen and oxygen atoms in total. The maximum absolute atomic E-state index is 12.6. The number of rotatable bonds is 5. The Hall–Kier alpha value is -0.780. The number of sulfonamides is 1. The zero-order valence-electron chi connectivity index (χ0n) is 11.8. The average Bonchev–Trinajstić information content (AvgIpc) is 2.87. The molecule has 0 aromatic heterocycles. The van der Waals surface area contributed by atoms with Crippen LogP contribution < -0.4 is 4.74 Å². The lowest BCUT2D eigenvalue weighted by atomic mass is 10.2. The molecule has 1 aliphatic heterocycles. The van der Waals surface area contributed by atoms with E-state index in [1.807, 2.05) is 6.92 Å². The number of benzene rings is 1. The molecule has 0 radical (unpaired) electrons. The second kappa shape index (κ2) is 6.33. The number of alkyl halides is 1. The third kappa shape index (κ3) is 3.10. The van der Waals surface area contributed by atoms with Crippen LogP contribution in [0, 0.1) is 5.92 Å². The van der Waals surface area contributed by atoms with Crippen molar-refractivity contribution in [2.24, 2.45) is 5.92 Å². The van der Waals surface area contributed by atoms with Gasteiger partial charge in [0.05, 0.1) is 17.4 Å². The lowest BCUT2D eigenvalue weighted by Crippen LogP contribution is -2.28. The standard InChI is InChI=1S/C14H20ClNO3S/c1-3-19-14-5-4-13(8-12(14)9-15)20(17,18)16-7-6-11(2)10-16/h4-5,8,11H,3,6-7,9-10H2,1-2H3. The third-order valence-electron chi connectivity index (χ3n) is 3.50. The molecule has 1 unspecified atom stereocenters. The SMILES string of the molecule is CCOc1ccc(S(=O)(=O)N2CCC(C)C2)cc1CCl. The van der Waals surface area contributed by atoms with Crippen LogP contribution in [0.25, 0.3) is 0 Å². The minimum absolute atomic E-state index is 0.231. The van der Waals surface area contributed by atoms with Crippen LogP contribution in [0.2, 0.25) is 0 Å². The van der Waals surface area contributed by atoms with Crippen molar-refractivity contribution in [1.82, 2.24) is 4.31 Å². The third-order valence-corrected chi connectivity index (χ3v) is 5.65. The molecular weight excluding hydrogens is 298 g/mol. The van der Waals surface area contributed by atoms with Crippen molar-refractivity contribution >= 4 is 21.6 Å². The van der Waals surface area contributed by atoms with E-state index in [1.165, 1.54) is 0 Å². The van der Waals surface area contributed by atoms with E-state index < -0.39 is 10.0 Å². The van der Waals surface area contributed by atoms with E-state index in [9.17, 15) is 8.42 Å². The highest BCUT2D eigenvalue weighted by Crippen LogP contribution is 2.28. The van der Waals surface area contributed by atoms with Gasteiger partial charge in [0.1, 0.15) is 5.75 Å². The van der Waals surface area contributed by atoms with Gasteiger partial charge in [0.2, 0.25) is 10.0 Å². The van der Waals surface area contributed by atoms with Gasteiger partial charge in [0, 0.05) is 18.7 Å². The second-order valence-electron chi connectivity index (χ2n) is 5.09. The van der Waals surface area contributed by atoms with Gasteiger partial charge >= 0.3 is 0 Å². The Labute approximate surface area is 125 Å². The summed E-state index contributed by atoms with van der Waals surface area (Å²) in [7, 11) is -3.42. The second-order valence-corrected chi connectivity index (χ2v) is 7.30. The Morgan fingerprint density at radius 1 is 1.45 bits per heavy atom. The van der Waals surface area contributed by atoms with Crippen LogP contribution in [0.15, 0.2) is 23.1 Å². The van der Waals surface area contributed by atoms with Gasteiger partial charge in [-0.05, 0) is 37.5 Å². The maximum atomic E-state index is 12.6. The smallest absolute Gasteiger partial charge is 0.243 e. The summed E-state index contributed by atoms with van der Waals surface area (Å²) in [6.07, 6.45) is 0.915. The molecule has 1 saturated heterocycles. The summed E-state index contributed by atoms with van der Waals surface area (Å²) >= 11 is 5.88. The summed E-state index contributed by atoms with van der Waals surface area (Å²) in [5.41, 5.74) is 0.710. The van der Waals surface area contributed by atoms with Crippen LogP contribution in [0.3, 0.4) is 0 Å². The first-order valence-electron chi connectivity index (χ1n) is 6.81. The minimum Gasteiger partial charge on any atom is -0.494 e. The molecule has 0 aliphatic carbocycles. The fraction of sp³-hybridized carbons (Fsp3) is 0.571. The first kappa shape index (κ1) is 15.6. The first-order chi connectivity index (χ1) is 9.48. The number of ether oxygens (including phenoxy) is 1. The summed E-state index contributed by atoms with van der Waals surface area (Å²) in [6.45, 7) is 5.66. The minimum atomic E-state index is -3.42. The van der Waals surface area contributed by atoms with Gasteiger partial charge in [0.15, 0.2) is 0 Å². The van der Waals surface area contributed by atoms with Crippen LogP contribution in [0.4, 0.5) is 0 Å². The number of nitrogens with zero attached hydrogens (tertiary/aromatic N) is 1. The molecule has 1 atom stereocenters. The van der Waals surface area contributed by atoms with Gasteiger partial charge in [-0.2, -0.15) is 4.31 Å². The van der Waals surface area contributed by atoms with Crippen molar-refractivity contribution in [1.29, 1.82) is 0 Å². The van der Waals surface area contributed by atoms with E-state index in [2.05, 4.69) is 6.92 Å². The summed E-state index contributed by atoms with van der Waals surface area (Å²) in [6, 6.07) is 4.91. The molecule has 112 valence electrons. The van der Waals surface area contributed by atoms with E-state index in [0.717, 1.165) is 6.42 Å². The molecule has 1 heterocycles. The highest BCUT2D eigenvalue weighted by Gasteiger charge is 2.30. The molecule has 0 bridgehead atoms. The molecule has 20 heavy (non-hydrogen) atoms. The van der Waals surface area contributed by atoms with Crippen molar-refractivity contribution in [2.75, 3.05) is 19.7 Å². The molecule has 0 N–H and O–H groups in total. The Morgan fingerprint density at radius 3 is 2.75 bits per heavy atom. The molecule has 1 aromatic carbocycles. The monoisotopic (exact) mass is 317 g/mol. The molecule has 2 rings (SSSR count). The van der Waals surface area contributed by atoms with Crippen LogP contribution in [-0.4, -0.2) is 32.4 Å². The summed E-state index contributed by atoms with van der Waals surface area (Å²) < 4.78 is 32.1. The van der Waals surface area contributed by atoms with E-state index in [0.29, 0.717) is 41.8 Å². The lowest BCUT2D eigenvalue weighted by molar-refractivity contribution is 0.337. The van der Waals surface area contributed by atoms with Crippen LogP contribution in [0.1, 0.15) is 25.8 Å². The molecule has 6 heteroatoms. The van der Waals surface area contributed by atoms with E-state index in [4.69, 9.17) is 16.3 Å². The van der Waals surface area contributed by atoms with Gasteiger partial charge in [0.25, 0.3) is 0 Å². The maximum Gasteiger partial charge on any atom is 0.243 e. The number of hydrogen-bond acceptors (Lipinski definition) is 3. The van der Waals surface area contributed by atoms with Gasteiger partial charge < -0.3 is 4.74 Å². The van der Waals surface area contributed by atoms with Gasteiger partial charge in [-0.15, -0.1) is 11.6 Å². The quantitative estimate of drug-likeness (QED) is 0.785. The molecule has 1 aliphatic rings. The van der Waals surface area contributed by atoms with Gasteiger partial charge in [-0.3, -0.25) is 0 Å². The van der Waals surface area contributed by atoms with E-state index in [-0.39, 0.29) is 5.88 Å². The Balaban J connectivity index is 2.32. The average molecular weight is 318 g/mol. The topological polar surface area (TPSA) is 46.6 Å². The van der Waals surface area contributed by atoms with Crippen molar-refractivity contribution in [2.45, 2.75) is 31.0 Å². The van der Waals surface area contributed by atoms with E-state index in [1.54, 1.807) is 22.5 Å². The van der Waals surface area contributed by atoms with Crippen molar-refractivity contribution in [3.05, 3.63) is 23.8 Å². The Morgan fingerprint density at radius 2 is 2.20 bits per heavy atom. The highest BCUT2D eigenvalue weighted by atomic mass is 35.5. The first-order valence-corrected chi connectivity index (χ1v) is 8.78. The zero-order valence-corrected chi connectivity index (χ0v) is 13.4. The normalized spacial score (nSPS) is 20.2. The lowest BCUT2D eigenvalue weighted by Gasteiger charge is -2.17. The van der Waals surface area contributed by atoms with Crippen molar-refractivity contribution in [3.63, 3.8) is 0 Å². The molecule has 0 amide bonds. The van der Waals surface area contributed by atoms with Crippen LogP contribution in [-0.2, 0) is 15.9 Å². The van der Waals surface area contributed by atoms with Crippen molar-refractivity contribution < 1.29 is 13.2 Å². The number of hydrogen-bond donors (Lipinski definition) is 0. The summed E-state index contributed by atoms with van der Waals surface area (Å²) in [4.78, 5) is 0.297. The van der Waals surface area contributed by atoms with Crippen LogP contribution in [0.5, 0.6) is 5.75 Å². The predicted molar refractivity (Wildman–Crippen MR) is 79.7 cm³/mol. The fourth-order valence-corrected chi connectivity index (χ4v) is 4.21. The molecule has 1 fully saturated rings. The zero-order chi connectivity index (χ0) is 14.8. The largest absolute Gasteiger partial charge is 0.494 e.